The van der Waals surface area contributed by atoms with Crippen LogP contribution >= 0.6 is 0 Å². The van der Waals surface area contributed by atoms with Gasteiger partial charge in [0, 0.05) is 11.9 Å². The Morgan fingerprint density at radius 2 is 0.889 bits per heavy atom. The van der Waals surface area contributed by atoms with Gasteiger partial charge in [-0.3, -0.25) is 9.59 Å². The maximum absolute atomic E-state index is 11.0. The molecule has 0 heterocycles. The van der Waals surface area contributed by atoms with E-state index < -0.39 is 23.9 Å². The van der Waals surface area contributed by atoms with Crippen LogP contribution in [0.3, 0.4) is 0 Å². The Morgan fingerprint density at radius 3 is 1.19 bits per heavy atom. The second-order valence-electron chi connectivity index (χ2n) is 7.87. The molecule has 0 radical (unpaired) electrons. The standard InChI is InChI=1S/2C13H22O4.2K/c2*1-2-3-4-5-6-7-8-11-17-13(16)10-9-12(14)15;;/h2*8,11H,2-7,9-10H2,1H3,(H,14,15);;/q;;2*+1/p-2. The molecule has 0 aliphatic heterocycles. The van der Waals surface area contributed by atoms with Crippen molar-refractivity contribution in [2.24, 2.45) is 0 Å². The van der Waals surface area contributed by atoms with Crippen LogP contribution in [-0.2, 0) is 28.7 Å². The fourth-order valence-corrected chi connectivity index (χ4v) is 2.64. The monoisotopic (exact) mass is 560 g/mol. The average Bonchev–Trinajstić information content (AvgIpc) is 2.80. The van der Waals surface area contributed by atoms with Crippen LogP contribution in [0.25, 0.3) is 0 Å². The summed E-state index contributed by atoms with van der Waals surface area (Å²) in [6, 6.07) is 0. The summed E-state index contributed by atoms with van der Waals surface area (Å²) in [6.07, 6.45) is 19.2. The van der Waals surface area contributed by atoms with Crippen LogP contribution in [0.2, 0.25) is 0 Å². The summed E-state index contributed by atoms with van der Waals surface area (Å²) in [5, 5.41) is 20.1. The summed E-state index contributed by atoms with van der Waals surface area (Å²) < 4.78 is 9.42. The van der Waals surface area contributed by atoms with Crippen LogP contribution in [0.1, 0.15) is 117 Å². The minimum absolute atomic E-state index is 0. The van der Waals surface area contributed by atoms with E-state index in [0.29, 0.717) is 0 Å². The third-order valence-corrected chi connectivity index (χ3v) is 4.61. The van der Waals surface area contributed by atoms with Gasteiger partial charge in [0.05, 0.1) is 25.4 Å². The van der Waals surface area contributed by atoms with E-state index in [1.807, 2.05) is 0 Å². The number of unbranched alkanes of at least 4 members (excludes halogenated alkanes) is 10. The fraction of sp³-hybridized carbons (Fsp3) is 0.692. The van der Waals surface area contributed by atoms with E-state index in [1.165, 1.54) is 63.9 Å². The Labute approximate surface area is 302 Å². The van der Waals surface area contributed by atoms with Crippen molar-refractivity contribution in [3.8, 4) is 0 Å². The molecule has 0 aromatic carbocycles. The Hall–Kier alpha value is 0.633. The number of hydrogen-bond donors (Lipinski definition) is 0. The second kappa shape index (κ2) is 35.6. The van der Waals surface area contributed by atoms with Crippen molar-refractivity contribution in [3.63, 3.8) is 0 Å². The van der Waals surface area contributed by atoms with E-state index in [9.17, 15) is 29.4 Å². The van der Waals surface area contributed by atoms with Gasteiger partial charge in [-0.05, 0) is 50.7 Å². The van der Waals surface area contributed by atoms with Crippen LogP contribution in [0.15, 0.2) is 24.7 Å². The molecule has 0 N–H and O–H groups in total. The molecule has 0 saturated heterocycles. The molecule has 0 aliphatic carbocycles. The number of rotatable bonds is 20. The minimum Gasteiger partial charge on any atom is -0.550 e. The number of carbonyl (C=O) groups is 4. The summed E-state index contributed by atoms with van der Waals surface area (Å²) >= 11 is 0. The summed E-state index contributed by atoms with van der Waals surface area (Å²) in [5.41, 5.74) is 0. The van der Waals surface area contributed by atoms with Crippen molar-refractivity contribution >= 4 is 23.9 Å². The third kappa shape index (κ3) is 41.7. The zero-order valence-electron chi connectivity index (χ0n) is 22.9. The van der Waals surface area contributed by atoms with Gasteiger partial charge in [-0.2, -0.15) is 0 Å². The molecule has 0 spiro atoms. The van der Waals surface area contributed by atoms with E-state index in [0.717, 1.165) is 25.7 Å². The molecule has 0 rings (SSSR count). The Balaban J connectivity index is -0.000000269. The summed E-state index contributed by atoms with van der Waals surface area (Å²) in [5.74, 6) is -3.53. The maximum atomic E-state index is 11.0. The van der Waals surface area contributed by atoms with Crippen LogP contribution in [0, 0.1) is 0 Å². The number of carbonyl (C=O) groups excluding carboxylic acids is 4. The molecule has 36 heavy (non-hydrogen) atoms. The van der Waals surface area contributed by atoms with Gasteiger partial charge in [0.2, 0.25) is 0 Å². The Kier molecular flexibility index (Phi) is 43.2. The molecule has 0 fully saturated rings. The zero-order chi connectivity index (χ0) is 25.9. The summed E-state index contributed by atoms with van der Waals surface area (Å²) in [6.45, 7) is 4.35. The van der Waals surface area contributed by atoms with Crippen LogP contribution in [0.5, 0.6) is 0 Å². The SMILES string of the molecule is CCCCCCCC=COC(=O)CCC(=O)[O-].CCCCCCCC=COC(=O)CCC(=O)[O-].[K+].[K+]. The molecule has 0 bridgehead atoms. The average molecular weight is 561 g/mol. The predicted molar refractivity (Wildman–Crippen MR) is 126 cm³/mol. The van der Waals surface area contributed by atoms with Crippen molar-refractivity contribution in [2.45, 2.75) is 117 Å². The van der Waals surface area contributed by atoms with E-state index >= 15 is 0 Å². The molecule has 0 unspecified atom stereocenters. The largest absolute Gasteiger partial charge is 1.00 e. The van der Waals surface area contributed by atoms with Gasteiger partial charge < -0.3 is 29.3 Å². The quantitative estimate of drug-likeness (QED) is 0.0714. The summed E-state index contributed by atoms with van der Waals surface area (Å²) in [4.78, 5) is 42.1. The van der Waals surface area contributed by atoms with Crippen molar-refractivity contribution < 1.29 is 142 Å². The van der Waals surface area contributed by atoms with Gasteiger partial charge >= 0.3 is 115 Å². The van der Waals surface area contributed by atoms with Gasteiger partial charge in [0.25, 0.3) is 0 Å². The van der Waals surface area contributed by atoms with E-state index in [2.05, 4.69) is 13.8 Å². The maximum Gasteiger partial charge on any atom is 1.00 e. The van der Waals surface area contributed by atoms with Crippen LogP contribution < -0.4 is 113 Å². The van der Waals surface area contributed by atoms with Crippen molar-refractivity contribution in [1.29, 1.82) is 0 Å². The molecule has 0 aromatic heterocycles. The van der Waals surface area contributed by atoms with Crippen molar-refractivity contribution in [2.75, 3.05) is 0 Å². The number of carboxylic acid groups (broad SMARTS) is 2. The number of carboxylic acids is 2. The molecule has 0 aromatic rings. The van der Waals surface area contributed by atoms with Crippen molar-refractivity contribution in [3.05, 3.63) is 24.7 Å². The molecule has 0 atom stereocenters. The van der Waals surface area contributed by atoms with Gasteiger partial charge in [-0.15, -0.1) is 0 Å². The molecule has 10 heteroatoms. The predicted octanol–water partition coefficient (Wildman–Crippen LogP) is -2.12. The van der Waals surface area contributed by atoms with Crippen molar-refractivity contribution in [1.82, 2.24) is 0 Å². The van der Waals surface area contributed by atoms with E-state index in [-0.39, 0.29) is 128 Å². The first-order valence-corrected chi connectivity index (χ1v) is 12.4. The molecule has 0 aliphatic rings. The van der Waals surface area contributed by atoms with E-state index in [4.69, 9.17) is 9.47 Å². The van der Waals surface area contributed by atoms with Gasteiger partial charge in [-0.1, -0.05) is 65.2 Å². The molecular formula is C26H42K2O8. The first kappa shape index (κ1) is 43.7. The topological polar surface area (TPSA) is 133 Å². The second-order valence-corrected chi connectivity index (χ2v) is 7.87. The Bertz CT molecular complexity index is 555. The summed E-state index contributed by atoms with van der Waals surface area (Å²) in [7, 11) is 0. The molecule has 0 saturated carbocycles. The minimum atomic E-state index is -1.23. The van der Waals surface area contributed by atoms with Gasteiger partial charge in [0.15, 0.2) is 0 Å². The zero-order valence-corrected chi connectivity index (χ0v) is 29.1. The number of hydrogen-bond acceptors (Lipinski definition) is 8. The first-order chi connectivity index (χ1) is 16.3. The molecular weight excluding hydrogens is 518 g/mol. The molecule has 196 valence electrons. The molecule has 0 amide bonds. The smallest absolute Gasteiger partial charge is 0.550 e. The number of ether oxygens (including phenoxy) is 2. The van der Waals surface area contributed by atoms with Gasteiger partial charge in [-0.25, -0.2) is 0 Å². The normalized spacial score (nSPS) is 10.1. The first-order valence-electron chi connectivity index (χ1n) is 12.4. The number of esters is 2. The van der Waals surface area contributed by atoms with Gasteiger partial charge in [0.1, 0.15) is 0 Å². The van der Waals surface area contributed by atoms with Crippen LogP contribution in [0.4, 0.5) is 0 Å². The number of aliphatic carboxylic acids is 2. The molecule has 8 nitrogen and oxygen atoms in total. The number of allylic oxidation sites excluding steroid dienone is 2. The van der Waals surface area contributed by atoms with Crippen LogP contribution in [-0.4, -0.2) is 23.9 Å². The van der Waals surface area contributed by atoms with E-state index in [1.54, 1.807) is 12.2 Å². The fourth-order valence-electron chi connectivity index (χ4n) is 2.64. The Morgan fingerprint density at radius 1 is 0.556 bits per heavy atom. The third-order valence-electron chi connectivity index (χ3n) is 4.61.